The third-order valence-corrected chi connectivity index (χ3v) is 6.65. The molecule has 0 bridgehead atoms. The van der Waals surface area contributed by atoms with Crippen molar-refractivity contribution in [2.24, 2.45) is 5.10 Å². The summed E-state index contributed by atoms with van der Waals surface area (Å²) in [5, 5.41) is 18.9. The number of non-ortho nitro benzene ring substituents is 1. The Morgan fingerprint density at radius 1 is 1.03 bits per heavy atom. The van der Waals surface area contributed by atoms with Crippen molar-refractivity contribution >= 4 is 71.2 Å². The van der Waals surface area contributed by atoms with Crippen LogP contribution in [-0.4, -0.2) is 22.0 Å². The van der Waals surface area contributed by atoms with Gasteiger partial charge in [-0.1, -0.05) is 63.7 Å². The van der Waals surface area contributed by atoms with Crippen LogP contribution in [0.3, 0.4) is 0 Å². The second-order valence-corrected chi connectivity index (χ2v) is 9.27. The first-order valence-corrected chi connectivity index (χ1v) is 11.8. The van der Waals surface area contributed by atoms with E-state index in [4.69, 9.17) is 0 Å². The minimum absolute atomic E-state index is 0.0161. The van der Waals surface area contributed by atoms with Gasteiger partial charge in [0.2, 0.25) is 5.13 Å². The predicted molar refractivity (Wildman–Crippen MR) is 139 cm³/mol. The van der Waals surface area contributed by atoms with Gasteiger partial charge in [0.15, 0.2) is 0 Å². The number of nitro benzene ring substituents is 1. The normalized spacial score (nSPS) is 11.3. The molecule has 0 atom stereocenters. The number of carbonyl (C=O) groups is 1. The Morgan fingerprint density at radius 2 is 1.79 bits per heavy atom. The highest BCUT2D eigenvalue weighted by atomic mass is 79.9. The van der Waals surface area contributed by atoms with Crippen LogP contribution in [-0.2, 0) is 0 Å². The van der Waals surface area contributed by atoms with Crippen LogP contribution < -0.4 is 5.01 Å². The van der Waals surface area contributed by atoms with Crippen LogP contribution >= 0.6 is 27.3 Å². The lowest BCUT2D eigenvalue weighted by Crippen LogP contribution is -2.25. The number of hydrogen-bond donors (Lipinski definition) is 0. The monoisotopic (exact) mass is 530 g/mol. The van der Waals surface area contributed by atoms with E-state index in [0.717, 1.165) is 25.5 Å². The van der Waals surface area contributed by atoms with Gasteiger partial charge >= 0.3 is 0 Å². The van der Waals surface area contributed by atoms with Crippen LogP contribution in [0.15, 0.2) is 94.5 Å². The Hall–Kier alpha value is -3.95. The maximum atomic E-state index is 13.7. The molecule has 7 nitrogen and oxygen atoms in total. The van der Waals surface area contributed by atoms with E-state index in [1.165, 1.54) is 34.7 Å². The number of benzene rings is 4. The standard InChI is InChI=1S/C25H15BrN4O3S/c26-18-10-13-22-23(14-18)34-25(28-22)29(27-15-16-8-11-19(12-9-16)30(32)33)24(31)21-7-3-5-17-4-1-2-6-20(17)21/h1-15H/b27-15+. The Balaban J connectivity index is 1.59. The van der Waals surface area contributed by atoms with Crippen LogP contribution in [0.2, 0.25) is 0 Å². The first kappa shape index (κ1) is 21.9. The van der Waals surface area contributed by atoms with Gasteiger partial charge < -0.3 is 0 Å². The maximum Gasteiger partial charge on any atom is 0.281 e. The van der Waals surface area contributed by atoms with Crippen LogP contribution in [0.4, 0.5) is 10.8 Å². The zero-order chi connectivity index (χ0) is 23.7. The average molecular weight is 531 g/mol. The fourth-order valence-electron chi connectivity index (χ4n) is 3.50. The second-order valence-electron chi connectivity index (χ2n) is 7.35. The average Bonchev–Trinajstić information content (AvgIpc) is 3.26. The van der Waals surface area contributed by atoms with Gasteiger partial charge in [-0.15, -0.1) is 0 Å². The van der Waals surface area contributed by atoms with E-state index in [0.29, 0.717) is 16.3 Å². The summed E-state index contributed by atoms with van der Waals surface area (Å²) >= 11 is 4.82. The van der Waals surface area contributed by atoms with Crippen molar-refractivity contribution in [2.75, 3.05) is 5.01 Å². The molecule has 0 radical (unpaired) electrons. The van der Waals surface area contributed by atoms with Crippen molar-refractivity contribution < 1.29 is 9.72 Å². The van der Waals surface area contributed by atoms with E-state index in [-0.39, 0.29) is 11.6 Å². The Bertz CT molecular complexity index is 1580. The Kier molecular flexibility index (Phi) is 5.87. The molecular weight excluding hydrogens is 516 g/mol. The lowest BCUT2D eigenvalue weighted by Gasteiger charge is -2.15. The molecule has 1 heterocycles. The van der Waals surface area contributed by atoms with Crippen molar-refractivity contribution in [3.05, 3.63) is 111 Å². The minimum Gasteiger partial charge on any atom is -0.267 e. The van der Waals surface area contributed by atoms with E-state index in [2.05, 4.69) is 26.0 Å². The van der Waals surface area contributed by atoms with Gasteiger partial charge in [0.1, 0.15) is 0 Å². The summed E-state index contributed by atoms with van der Waals surface area (Å²) < 4.78 is 1.82. The fraction of sp³-hybridized carbons (Fsp3) is 0. The summed E-state index contributed by atoms with van der Waals surface area (Å²) in [6.07, 6.45) is 1.49. The van der Waals surface area contributed by atoms with Crippen LogP contribution in [0.1, 0.15) is 15.9 Å². The quantitative estimate of drug-likeness (QED) is 0.142. The van der Waals surface area contributed by atoms with E-state index in [9.17, 15) is 14.9 Å². The number of nitro groups is 1. The highest BCUT2D eigenvalue weighted by Crippen LogP contribution is 2.32. The molecule has 0 aliphatic rings. The molecule has 4 aromatic carbocycles. The van der Waals surface area contributed by atoms with Crippen molar-refractivity contribution in [1.29, 1.82) is 0 Å². The molecule has 0 aliphatic carbocycles. The first-order chi connectivity index (χ1) is 16.5. The van der Waals surface area contributed by atoms with Gasteiger partial charge in [0.05, 0.1) is 21.4 Å². The second kappa shape index (κ2) is 9.12. The van der Waals surface area contributed by atoms with Crippen LogP contribution in [0, 0.1) is 10.1 Å². The van der Waals surface area contributed by atoms with Crippen molar-refractivity contribution in [1.82, 2.24) is 4.98 Å². The van der Waals surface area contributed by atoms with Crippen LogP contribution in [0.5, 0.6) is 0 Å². The van der Waals surface area contributed by atoms with Crippen molar-refractivity contribution in [3.63, 3.8) is 0 Å². The number of hydrogen-bond acceptors (Lipinski definition) is 6. The van der Waals surface area contributed by atoms with E-state index in [1.54, 1.807) is 18.2 Å². The molecule has 34 heavy (non-hydrogen) atoms. The highest BCUT2D eigenvalue weighted by molar-refractivity contribution is 9.10. The highest BCUT2D eigenvalue weighted by Gasteiger charge is 2.22. The molecule has 0 spiro atoms. The fourth-order valence-corrected chi connectivity index (χ4v) is 4.97. The molecule has 0 fully saturated rings. The zero-order valence-electron chi connectivity index (χ0n) is 17.5. The zero-order valence-corrected chi connectivity index (χ0v) is 19.9. The number of fused-ring (bicyclic) bond motifs is 2. The summed E-state index contributed by atoms with van der Waals surface area (Å²) in [5.74, 6) is -0.326. The molecule has 0 saturated carbocycles. The van der Waals surface area contributed by atoms with Gasteiger partial charge in [0.25, 0.3) is 11.6 Å². The lowest BCUT2D eigenvalue weighted by atomic mass is 10.0. The lowest BCUT2D eigenvalue weighted by molar-refractivity contribution is -0.384. The molecule has 5 aromatic rings. The number of amides is 1. The summed E-state index contributed by atoms with van der Waals surface area (Å²) in [6.45, 7) is 0. The third-order valence-electron chi connectivity index (χ3n) is 5.16. The minimum atomic E-state index is -0.462. The number of hydrazone groups is 1. The van der Waals surface area contributed by atoms with Crippen LogP contribution in [0.25, 0.3) is 21.0 Å². The number of halogens is 1. The number of rotatable bonds is 5. The SMILES string of the molecule is O=C(c1cccc2ccccc12)N(/N=C/c1ccc([N+](=O)[O-])cc1)c1nc2ccc(Br)cc2s1. The summed E-state index contributed by atoms with van der Waals surface area (Å²) in [4.78, 5) is 28.9. The van der Waals surface area contributed by atoms with Gasteiger partial charge in [-0.2, -0.15) is 10.1 Å². The van der Waals surface area contributed by atoms with E-state index < -0.39 is 4.92 Å². The number of thiazole rings is 1. The smallest absolute Gasteiger partial charge is 0.267 e. The summed E-state index contributed by atoms with van der Waals surface area (Å²) in [5.41, 5.74) is 1.85. The first-order valence-electron chi connectivity index (χ1n) is 10.2. The number of nitrogens with zero attached hydrogens (tertiary/aromatic N) is 4. The third kappa shape index (κ3) is 4.30. The number of carbonyl (C=O) groups excluding carboxylic acids is 1. The molecule has 9 heteroatoms. The molecule has 0 saturated heterocycles. The van der Waals surface area contributed by atoms with Gasteiger partial charge in [-0.25, -0.2) is 4.98 Å². The van der Waals surface area contributed by atoms with Gasteiger partial charge in [0, 0.05) is 22.2 Å². The molecule has 0 N–H and O–H groups in total. The molecule has 0 aliphatic heterocycles. The Labute approximate surface area is 206 Å². The van der Waals surface area contributed by atoms with E-state index >= 15 is 0 Å². The van der Waals surface area contributed by atoms with E-state index in [1.807, 2.05) is 54.6 Å². The van der Waals surface area contributed by atoms with Gasteiger partial charge in [-0.05, 0) is 52.7 Å². The topological polar surface area (TPSA) is 88.7 Å². The molecule has 0 unspecified atom stereocenters. The number of anilines is 1. The largest absolute Gasteiger partial charge is 0.281 e. The van der Waals surface area contributed by atoms with Gasteiger partial charge in [-0.3, -0.25) is 14.9 Å². The molecular formula is C25H15BrN4O3S. The molecule has 1 amide bonds. The number of aromatic nitrogens is 1. The molecule has 166 valence electrons. The maximum absolute atomic E-state index is 13.7. The predicted octanol–water partition coefficient (Wildman–Crippen LogP) is 6.80. The summed E-state index contributed by atoms with van der Waals surface area (Å²) in [7, 11) is 0. The van der Waals surface area contributed by atoms with Crippen molar-refractivity contribution in [3.8, 4) is 0 Å². The summed E-state index contributed by atoms with van der Waals surface area (Å²) in [6, 6.07) is 24.9. The Morgan fingerprint density at radius 3 is 2.59 bits per heavy atom. The van der Waals surface area contributed by atoms with Crippen molar-refractivity contribution in [2.45, 2.75) is 0 Å². The molecule has 1 aromatic heterocycles. The molecule has 5 rings (SSSR count).